The molecule has 1 saturated heterocycles. The number of halogens is 1. The van der Waals surface area contributed by atoms with Crippen molar-refractivity contribution in [2.24, 2.45) is 4.99 Å². The number of benzene rings is 1. The Morgan fingerprint density at radius 3 is 2.38 bits per heavy atom. The van der Waals surface area contributed by atoms with Crippen molar-refractivity contribution in [3.05, 3.63) is 35.9 Å². The quantitative estimate of drug-likeness (QED) is 0.284. The predicted molar refractivity (Wildman–Crippen MR) is 115 cm³/mol. The highest BCUT2D eigenvalue weighted by Gasteiger charge is 2.40. The van der Waals surface area contributed by atoms with Gasteiger partial charge in [-0.2, -0.15) is 0 Å². The minimum atomic E-state index is -3.08. The molecule has 9 heteroatoms. The van der Waals surface area contributed by atoms with Gasteiger partial charge >= 0.3 is 0 Å². The molecule has 1 aliphatic rings. The van der Waals surface area contributed by atoms with Gasteiger partial charge in [0.15, 0.2) is 15.8 Å². The van der Waals surface area contributed by atoms with Crippen LogP contribution >= 0.6 is 24.0 Å². The van der Waals surface area contributed by atoms with E-state index < -0.39 is 14.6 Å². The molecule has 0 aromatic heterocycles. The summed E-state index contributed by atoms with van der Waals surface area (Å²) in [4.78, 5) is 18.1. The highest BCUT2D eigenvalue weighted by molar-refractivity contribution is 14.0. The van der Waals surface area contributed by atoms with Crippen LogP contribution in [0.2, 0.25) is 0 Å². The normalized spacial score (nSPS) is 18.6. The van der Waals surface area contributed by atoms with Gasteiger partial charge in [-0.15, -0.1) is 24.0 Å². The maximum atomic E-state index is 12.1. The molecule has 1 fully saturated rings. The van der Waals surface area contributed by atoms with E-state index in [-0.39, 0.29) is 35.6 Å². The van der Waals surface area contributed by atoms with Gasteiger partial charge in [0.2, 0.25) is 0 Å². The highest BCUT2D eigenvalue weighted by Crippen LogP contribution is 2.23. The fourth-order valence-corrected chi connectivity index (χ4v) is 4.06. The first kappa shape index (κ1) is 22.7. The SMILES string of the molecule is CN=C(NCCNC(=O)c1ccccc1)N1CCS(=O)(=O)C(C)(C)C1.I. The van der Waals surface area contributed by atoms with Crippen LogP contribution in [0.3, 0.4) is 0 Å². The van der Waals surface area contributed by atoms with Crippen LogP contribution in [0.1, 0.15) is 24.2 Å². The predicted octanol–water partition coefficient (Wildman–Crippen LogP) is 1.12. The lowest BCUT2D eigenvalue weighted by molar-refractivity contribution is 0.0954. The molecule has 2 N–H and O–H groups in total. The Morgan fingerprint density at radius 1 is 1.19 bits per heavy atom. The molecule has 0 spiro atoms. The number of hydrogen-bond acceptors (Lipinski definition) is 4. The standard InChI is InChI=1S/C17H26N4O3S.HI/c1-17(2)13-21(11-12-25(17,23)24)16(18-3)20-10-9-19-15(22)14-7-5-4-6-8-14;/h4-8H,9-13H2,1-3H3,(H,18,20)(H,19,22);1H. The molecule has 26 heavy (non-hydrogen) atoms. The number of hydrogen-bond donors (Lipinski definition) is 2. The Balaban J connectivity index is 0.00000338. The minimum Gasteiger partial charge on any atom is -0.354 e. The summed E-state index contributed by atoms with van der Waals surface area (Å²) >= 11 is 0. The van der Waals surface area contributed by atoms with Crippen LogP contribution in [0.25, 0.3) is 0 Å². The van der Waals surface area contributed by atoms with E-state index in [1.54, 1.807) is 33.0 Å². The van der Waals surface area contributed by atoms with E-state index in [4.69, 9.17) is 0 Å². The van der Waals surface area contributed by atoms with Crippen LogP contribution < -0.4 is 10.6 Å². The highest BCUT2D eigenvalue weighted by atomic mass is 127. The molecule has 1 heterocycles. The first-order valence-corrected chi connectivity index (χ1v) is 9.93. The van der Waals surface area contributed by atoms with Crippen LogP contribution in [-0.4, -0.2) is 68.9 Å². The molecule has 0 atom stereocenters. The molecule has 1 aromatic carbocycles. The second kappa shape index (κ2) is 9.54. The Bertz CT molecular complexity index is 736. The first-order chi connectivity index (χ1) is 11.8. The molecule has 0 bridgehead atoms. The van der Waals surface area contributed by atoms with Gasteiger partial charge in [0.1, 0.15) is 0 Å². The maximum Gasteiger partial charge on any atom is 0.251 e. The molecule has 2 rings (SSSR count). The van der Waals surface area contributed by atoms with Crippen LogP contribution in [0.15, 0.2) is 35.3 Å². The molecule has 0 saturated carbocycles. The number of guanidine groups is 1. The van der Waals surface area contributed by atoms with E-state index in [2.05, 4.69) is 15.6 Å². The topological polar surface area (TPSA) is 90.9 Å². The van der Waals surface area contributed by atoms with Gasteiger partial charge in [-0.3, -0.25) is 9.79 Å². The van der Waals surface area contributed by atoms with Gasteiger partial charge in [-0.1, -0.05) is 18.2 Å². The number of nitrogens with one attached hydrogen (secondary N) is 2. The molecule has 1 amide bonds. The Hall–Kier alpha value is -1.36. The van der Waals surface area contributed by atoms with E-state index in [1.165, 1.54) is 0 Å². The first-order valence-electron chi connectivity index (χ1n) is 8.28. The van der Waals surface area contributed by atoms with Gasteiger partial charge < -0.3 is 15.5 Å². The summed E-state index contributed by atoms with van der Waals surface area (Å²) in [5.41, 5.74) is 0.620. The lowest BCUT2D eigenvalue weighted by atomic mass is 10.2. The number of aliphatic imine (C=N–C) groups is 1. The Kier molecular flexibility index (Phi) is 8.32. The van der Waals surface area contributed by atoms with Gasteiger partial charge in [0.25, 0.3) is 5.91 Å². The number of amides is 1. The molecule has 0 aliphatic carbocycles. The van der Waals surface area contributed by atoms with Gasteiger partial charge in [-0.05, 0) is 26.0 Å². The average molecular weight is 494 g/mol. The van der Waals surface area contributed by atoms with E-state index in [0.29, 0.717) is 37.7 Å². The fourth-order valence-electron chi connectivity index (χ4n) is 2.70. The summed E-state index contributed by atoms with van der Waals surface area (Å²) in [7, 11) is -1.42. The van der Waals surface area contributed by atoms with E-state index in [1.807, 2.05) is 23.1 Å². The number of carbonyl (C=O) groups is 1. The van der Waals surface area contributed by atoms with Crippen molar-refractivity contribution in [2.45, 2.75) is 18.6 Å². The molecule has 1 aromatic rings. The summed E-state index contributed by atoms with van der Waals surface area (Å²) < 4.78 is 23.4. The largest absolute Gasteiger partial charge is 0.354 e. The molecule has 1 aliphatic heterocycles. The molecule has 0 radical (unpaired) electrons. The van der Waals surface area contributed by atoms with Crippen molar-refractivity contribution >= 4 is 45.7 Å². The van der Waals surface area contributed by atoms with Gasteiger partial charge in [0.05, 0.1) is 10.5 Å². The third kappa shape index (κ3) is 5.57. The Labute approximate surface area is 172 Å². The third-order valence-electron chi connectivity index (χ3n) is 4.28. The second-order valence-corrected chi connectivity index (χ2v) is 9.34. The van der Waals surface area contributed by atoms with Crippen molar-refractivity contribution in [2.75, 3.05) is 39.0 Å². The summed E-state index contributed by atoms with van der Waals surface area (Å²) in [6, 6.07) is 9.03. The fraction of sp³-hybridized carbons (Fsp3) is 0.529. The molecule has 7 nitrogen and oxygen atoms in total. The zero-order chi connectivity index (χ0) is 18.5. The summed E-state index contributed by atoms with van der Waals surface area (Å²) in [5.74, 6) is 0.644. The van der Waals surface area contributed by atoms with E-state index in [9.17, 15) is 13.2 Å². The maximum absolute atomic E-state index is 12.1. The summed E-state index contributed by atoms with van der Waals surface area (Å²) in [6.45, 7) is 5.24. The number of rotatable bonds is 4. The minimum absolute atomic E-state index is 0. The Morgan fingerprint density at radius 2 is 1.81 bits per heavy atom. The van der Waals surface area contributed by atoms with Gasteiger partial charge in [-0.25, -0.2) is 8.42 Å². The van der Waals surface area contributed by atoms with Crippen molar-refractivity contribution in [3.8, 4) is 0 Å². The van der Waals surface area contributed by atoms with Crippen molar-refractivity contribution < 1.29 is 13.2 Å². The van der Waals surface area contributed by atoms with Crippen LogP contribution in [0.5, 0.6) is 0 Å². The molecule has 0 unspecified atom stereocenters. The lowest BCUT2D eigenvalue weighted by Crippen LogP contribution is -2.57. The van der Waals surface area contributed by atoms with Crippen LogP contribution in [0.4, 0.5) is 0 Å². The zero-order valence-corrected chi connectivity index (χ0v) is 18.5. The van der Waals surface area contributed by atoms with E-state index in [0.717, 1.165) is 0 Å². The van der Waals surface area contributed by atoms with Crippen molar-refractivity contribution in [1.82, 2.24) is 15.5 Å². The summed E-state index contributed by atoms with van der Waals surface area (Å²) in [6.07, 6.45) is 0. The monoisotopic (exact) mass is 494 g/mol. The number of carbonyl (C=O) groups excluding carboxylic acids is 1. The van der Waals surface area contributed by atoms with Crippen LogP contribution in [0, 0.1) is 0 Å². The van der Waals surface area contributed by atoms with Crippen LogP contribution in [-0.2, 0) is 9.84 Å². The molecule has 146 valence electrons. The third-order valence-corrected chi connectivity index (χ3v) is 6.82. The molecular weight excluding hydrogens is 467 g/mol. The zero-order valence-electron chi connectivity index (χ0n) is 15.4. The number of sulfone groups is 1. The smallest absolute Gasteiger partial charge is 0.251 e. The molecular formula is C17H27IN4O3S. The van der Waals surface area contributed by atoms with Gasteiger partial charge in [0, 0.05) is 38.8 Å². The number of nitrogens with zero attached hydrogens (tertiary/aromatic N) is 2. The lowest BCUT2D eigenvalue weighted by Gasteiger charge is -2.39. The van der Waals surface area contributed by atoms with Crippen molar-refractivity contribution in [1.29, 1.82) is 0 Å². The van der Waals surface area contributed by atoms with E-state index >= 15 is 0 Å². The average Bonchev–Trinajstić information content (AvgIpc) is 2.58. The summed E-state index contributed by atoms with van der Waals surface area (Å²) in [5, 5.41) is 6.02. The van der Waals surface area contributed by atoms with Crippen molar-refractivity contribution in [3.63, 3.8) is 0 Å². The second-order valence-electron chi connectivity index (χ2n) is 6.60.